The molecular weight excluding hydrogens is 187 g/mol. The summed E-state index contributed by atoms with van der Waals surface area (Å²) in [6, 6.07) is 10.2. The molecule has 0 unspecified atom stereocenters. The molecule has 2 rings (SSSR count). The van der Waals surface area contributed by atoms with E-state index in [0.29, 0.717) is 0 Å². The van der Waals surface area contributed by atoms with E-state index in [4.69, 9.17) is 0 Å². The summed E-state index contributed by atoms with van der Waals surface area (Å²) in [4.78, 5) is 0. The molecule has 0 aromatic heterocycles. The van der Waals surface area contributed by atoms with E-state index in [-0.39, 0.29) is 11.7 Å². The highest BCUT2D eigenvalue weighted by Gasteiger charge is 2.25. The Morgan fingerprint density at radius 2 is 2.07 bits per heavy atom. The maximum Gasteiger partial charge on any atom is 0.145 e. The van der Waals surface area contributed by atoms with Crippen LogP contribution in [0.1, 0.15) is 24.8 Å². The van der Waals surface area contributed by atoms with Gasteiger partial charge >= 0.3 is 0 Å². The summed E-state index contributed by atoms with van der Waals surface area (Å²) in [5.74, 6) is 0.140. The van der Waals surface area contributed by atoms with Crippen LogP contribution < -0.4 is 0 Å². The predicted molar refractivity (Wildman–Crippen MR) is 60.2 cm³/mol. The number of rotatable bonds is 4. The lowest BCUT2D eigenvalue weighted by atomic mass is 10.1. The van der Waals surface area contributed by atoms with Gasteiger partial charge in [0, 0.05) is 5.92 Å². The Kier molecular flexibility index (Phi) is 3.37. The molecule has 0 saturated heterocycles. The average molecular weight is 202 g/mol. The lowest BCUT2D eigenvalue weighted by Gasteiger charge is -1.95. The number of hydrogen-bond acceptors (Lipinski definition) is 0. The van der Waals surface area contributed by atoms with E-state index in [1.165, 1.54) is 5.56 Å². The largest absolute Gasteiger partial charge is 0.202 e. The van der Waals surface area contributed by atoms with Crippen LogP contribution in [0.2, 0.25) is 0 Å². The third kappa shape index (κ3) is 3.38. The lowest BCUT2D eigenvalue weighted by molar-refractivity contribution is 0.580. The van der Waals surface area contributed by atoms with Gasteiger partial charge in [-0.1, -0.05) is 36.1 Å². The number of halogens is 1. The van der Waals surface area contributed by atoms with Crippen LogP contribution >= 0.6 is 0 Å². The van der Waals surface area contributed by atoms with E-state index >= 15 is 0 Å². The molecule has 1 aromatic carbocycles. The van der Waals surface area contributed by atoms with Gasteiger partial charge in [-0.15, -0.1) is 0 Å². The molecule has 1 aromatic rings. The Morgan fingerprint density at radius 3 is 2.73 bits per heavy atom. The average Bonchev–Trinajstić information content (AvgIpc) is 3.09. The van der Waals surface area contributed by atoms with Crippen LogP contribution in [0, 0.1) is 5.92 Å². The predicted octanol–water partition coefficient (Wildman–Crippen LogP) is 4.04. The Morgan fingerprint density at radius 1 is 1.33 bits per heavy atom. The highest BCUT2D eigenvalue weighted by Crippen LogP contribution is 2.36. The van der Waals surface area contributed by atoms with Crippen LogP contribution in [0.3, 0.4) is 0 Å². The van der Waals surface area contributed by atoms with Crippen LogP contribution in [-0.2, 0) is 6.42 Å². The van der Waals surface area contributed by atoms with Crippen LogP contribution in [0.5, 0.6) is 0 Å². The molecule has 0 amide bonds. The van der Waals surface area contributed by atoms with Crippen molar-refractivity contribution in [2.75, 3.05) is 0 Å². The molecule has 0 aliphatic heterocycles. The summed E-state index contributed by atoms with van der Waals surface area (Å²) < 4.78 is 13.1. The van der Waals surface area contributed by atoms with Crippen molar-refractivity contribution < 1.29 is 4.39 Å². The smallest absolute Gasteiger partial charge is 0.145 e. The zero-order valence-corrected chi connectivity index (χ0v) is 8.75. The van der Waals surface area contributed by atoms with E-state index < -0.39 is 0 Å². The SMILES string of the molecule is FC(=C=CCCc1ccccc1)C1CC1. The van der Waals surface area contributed by atoms with Crippen LogP contribution in [0.4, 0.5) is 4.39 Å². The second kappa shape index (κ2) is 4.95. The van der Waals surface area contributed by atoms with Crippen molar-refractivity contribution in [3.63, 3.8) is 0 Å². The topological polar surface area (TPSA) is 0 Å². The van der Waals surface area contributed by atoms with Gasteiger partial charge in [-0.25, -0.2) is 4.39 Å². The summed E-state index contributed by atoms with van der Waals surface area (Å²) >= 11 is 0. The summed E-state index contributed by atoms with van der Waals surface area (Å²) in [6.07, 6.45) is 5.66. The van der Waals surface area contributed by atoms with Gasteiger partial charge in [-0.05, 0) is 37.3 Å². The molecule has 1 heteroatoms. The van der Waals surface area contributed by atoms with Gasteiger partial charge in [0.1, 0.15) is 5.83 Å². The first kappa shape index (κ1) is 10.2. The van der Waals surface area contributed by atoms with E-state index in [9.17, 15) is 4.39 Å². The fourth-order valence-corrected chi connectivity index (χ4v) is 1.51. The fourth-order valence-electron chi connectivity index (χ4n) is 1.51. The van der Waals surface area contributed by atoms with E-state index in [0.717, 1.165) is 25.7 Å². The summed E-state index contributed by atoms with van der Waals surface area (Å²) in [5.41, 5.74) is 4.03. The third-order valence-corrected chi connectivity index (χ3v) is 2.60. The zero-order chi connectivity index (χ0) is 10.5. The Hall–Kier alpha value is -1.33. The minimum Gasteiger partial charge on any atom is -0.202 e. The Bertz CT molecular complexity index is 368. The first-order valence-electron chi connectivity index (χ1n) is 5.51. The molecule has 0 bridgehead atoms. The van der Waals surface area contributed by atoms with Gasteiger partial charge in [0.2, 0.25) is 0 Å². The van der Waals surface area contributed by atoms with Gasteiger partial charge in [0.15, 0.2) is 0 Å². The minimum absolute atomic E-state index is 0.0527. The van der Waals surface area contributed by atoms with Crippen LogP contribution in [0.15, 0.2) is 48.0 Å². The van der Waals surface area contributed by atoms with E-state index in [2.05, 4.69) is 17.9 Å². The molecular formula is C14H15F. The van der Waals surface area contributed by atoms with Gasteiger partial charge in [0.25, 0.3) is 0 Å². The fraction of sp³-hybridized carbons (Fsp3) is 0.357. The molecule has 1 aliphatic rings. The molecule has 1 aliphatic carbocycles. The molecule has 15 heavy (non-hydrogen) atoms. The van der Waals surface area contributed by atoms with Crippen LogP contribution in [0.25, 0.3) is 0 Å². The van der Waals surface area contributed by atoms with Crippen molar-refractivity contribution in [2.45, 2.75) is 25.7 Å². The number of aryl methyl sites for hydroxylation is 1. The first-order valence-corrected chi connectivity index (χ1v) is 5.51. The second-order valence-corrected chi connectivity index (χ2v) is 3.99. The van der Waals surface area contributed by atoms with Crippen molar-refractivity contribution in [1.29, 1.82) is 0 Å². The number of benzene rings is 1. The summed E-state index contributed by atoms with van der Waals surface area (Å²) in [7, 11) is 0. The van der Waals surface area contributed by atoms with Crippen molar-refractivity contribution in [3.05, 3.63) is 53.5 Å². The van der Waals surface area contributed by atoms with Gasteiger partial charge in [-0.3, -0.25) is 0 Å². The molecule has 0 heterocycles. The van der Waals surface area contributed by atoms with Gasteiger partial charge in [0.05, 0.1) is 0 Å². The number of allylic oxidation sites excluding steroid dienone is 1. The standard InChI is InChI=1S/C14H15F/c15-14(13-10-11-13)9-5-4-8-12-6-2-1-3-7-12/h1-3,5-7,13H,4,8,10-11H2. The first-order chi connectivity index (χ1) is 7.36. The number of hydrogen-bond donors (Lipinski definition) is 0. The van der Waals surface area contributed by atoms with Gasteiger partial charge < -0.3 is 0 Å². The van der Waals surface area contributed by atoms with Crippen molar-refractivity contribution in [3.8, 4) is 0 Å². The van der Waals surface area contributed by atoms with Crippen molar-refractivity contribution in [2.24, 2.45) is 5.92 Å². The Labute approximate surface area is 90.1 Å². The van der Waals surface area contributed by atoms with E-state index in [1.807, 2.05) is 24.3 Å². The molecule has 78 valence electrons. The minimum atomic E-state index is -0.0527. The molecule has 0 N–H and O–H groups in total. The monoisotopic (exact) mass is 202 g/mol. The summed E-state index contributed by atoms with van der Waals surface area (Å²) in [6.45, 7) is 0. The zero-order valence-electron chi connectivity index (χ0n) is 8.75. The summed E-state index contributed by atoms with van der Waals surface area (Å²) in [5, 5.41) is 0. The molecule has 0 spiro atoms. The maximum absolute atomic E-state index is 13.1. The normalized spacial score (nSPS) is 14.5. The van der Waals surface area contributed by atoms with Gasteiger partial charge in [-0.2, -0.15) is 0 Å². The van der Waals surface area contributed by atoms with Crippen molar-refractivity contribution >= 4 is 0 Å². The van der Waals surface area contributed by atoms with E-state index in [1.54, 1.807) is 0 Å². The highest BCUT2D eigenvalue weighted by atomic mass is 19.1. The molecule has 1 fully saturated rings. The highest BCUT2D eigenvalue weighted by molar-refractivity contribution is 5.15. The molecule has 0 atom stereocenters. The quantitative estimate of drug-likeness (QED) is 0.646. The molecule has 1 saturated carbocycles. The lowest BCUT2D eigenvalue weighted by Crippen LogP contribution is -1.80. The Balaban J connectivity index is 1.81. The maximum atomic E-state index is 13.1. The third-order valence-electron chi connectivity index (χ3n) is 2.60. The molecule has 0 radical (unpaired) electrons. The van der Waals surface area contributed by atoms with Crippen molar-refractivity contribution in [1.82, 2.24) is 0 Å². The molecule has 0 nitrogen and oxygen atoms in total. The second-order valence-electron chi connectivity index (χ2n) is 3.99. The van der Waals surface area contributed by atoms with Crippen LogP contribution in [-0.4, -0.2) is 0 Å².